The average molecular weight is 196 g/mol. The predicted molar refractivity (Wildman–Crippen MR) is 54.4 cm³/mol. The number of imidazole rings is 1. The van der Waals surface area contributed by atoms with E-state index < -0.39 is 0 Å². The molecule has 0 radical (unpaired) electrons. The minimum absolute atomic E-state index is 0.159. The first-order valence-electron chi connectivity index (χ1n) is 4.52. The Balaban J connectivity index is 2.79. The number of hydrogen-bond donors (Lipinski definition) is 2. The van der Waals surface area contributed by atoms with E-state index in [9.17, 15) is 0 Å². The maximum absolute atomic E-state index is 8.44. The number of nitrogens with zero attached hydrogens (tertiary/aromatic N) is 3. The van der Waals surface area contributed by atoms with Crippen molar-refractivity contribution in [1.29, 1.82) is 0 Å². The van der Waals surface area contributed by atoms with Gasteiger partial charge in [0.1, 0.15) is 5.84 Å². The van der Waals surface area contributed by atoms with Crippen LogP contribution in [0.5, 0.6) is 0 Å². The lowest BCUT2D eigenvalue weighted by Crippen LogP contribution is -2.18. The fraction of sp³-hybridized carbons (Fsp3) is 0.556. The summed E-state index contributed by atoms with van der Waals surface area (Å²) in [6.07, 6.45) is 2.30. The molecule has 1 atom stereocenters. The predicted octanol–water partition coefficient (Wildman–Crippen LogP) is 1.20. The zero-order valence-electron chi connectivity index (χ0n) is 8.73. The number of aromatic nitrogens is 2. The summed E-state index contributed by atoms with van der Waals surface area (Å²) in [5, 5.41) is 11.4. The molecule has 0 fully saturated rings. The van der Waals surface area contributed by atoms with Crippen LogP contribution in [0.15, 0.2) is 11.5 Å². The van der Waals surface area contributed by atoms with Crippen molar-refractivity contribution < 1.29 is 5.21 Å². The van der Waals surface area contributed by atoms with E-state index in [0.29, 0.717) is 6.42 Å². The van der Waals surface area contributed by atoms with Crippen molar-refractivity contribution in [3.63, 3.8) is 0 Å². The van der Waals surface area contributed by atoms with Crippen molar-refractivity contribution in [2.75, 3.05) is 0 Å². The minimum Gasteiger partial charge on any atom is -0.409 e. The second kappa shape index (κ2) is 4.13. The molecule has 0 aromatic carbocycles. The van der Waals surface area contributed by atoms with Crippen molar-refractivity contribution in [2.24, 2.45) is 10.9 Å². The molecule has 1 aromatic heterocycles. The summed E-state index contributed by atoms with van der Waals surface area (Å²) < 4.78 is 2.02. The van der Waals surface area contributed by atoms with Crippen molar-refractivity contribution >= 4 is 5.84 Å². The molecule has 1 aromatic rings. The number of rotatable bonds is 3. The number of aryl methyl sites for hydroxylation is 1. The highest BCUT2D eigenvalue weighted by Crippen LogP contribution is 2.15. The first-order chi connectivity index (χ1) is 6.56. The SMILES string of the molecule is Cc1ncn(C(C)CC(N)=NO)c1C. The fourth-order valence-corrected chi connectivity index (χ4v) is 1.40. The summed E-state index contributed by atoms with van der Waals surface area (Å²) in [4.78, 5) is 4.19. The fourth-order valence-electron chi connectivity index (χ4n) is 1.40. The van der Waals surface area contributed by atoms with E-state index in [0.717, 1.165) is 11.4 Å². The Morgan fingerprint density at radius 1 is 1.71 bits per heavy atom. The molecule has 0 bridgehead atoms. The normalized spacial score (nSPS) is 14.4. The summed E-state index contributed by atoms with van der Waals surface area (Å²) in [5.41, 5.74) is 7.56. The Morgan fingerprint density at radius 3 is 2.79 bits per heavy atom. The highest BCUT2D eigenvalue weighted by Gasteiger charge is 2.10. The Morgan fingerprint density at radius 2 is 2.36 bits per heavy atom. The molecule has 5 nitrogen and oxygen atoms in total. The third kappa shape index (κ3) is 2.04. The van der Waals surface area contributed by atoms with Gasteiger partial charge in [0.2, 0.25) is 0 Å². The molecule has 0 aliphatic carbocycles. The molecule has 78 valence electrons. The standard InChI is InChI=1S/C9H16N4O/c1-6(4-9(10)12-14)13-5-11-7(2)8(13)3/h5-6,14H,4H2,1-3H3,(H2,10,12). The van der Waals surface area contributed by atoms with Crippen LogP contribution in [0.2, 0.25) is 0 Å². The number of hydrogen-bond acceptors (Lipinski definition) is 3. The lowest BCUT2D eigenvalue weighted by atomic mass is 10.2. The third-order valence-corrected chi connectivity index (χ3v) is 2.39. The molecule has 1 heterocycles. The van der Waals surface area contributed by atoms with Crippen LogP contribution in [0.3, 0.4) is 0 Å². The topological polar surface area (TPSA) is 76.4 Å². The van der Waals surface area contributed by atoms with Gasteiger partial charge in [-0.3, -0.25) is 0 Å². The van der Waals surface area contributed by atoms with Crippen molar-refractivity contribution in [3.8, 4) is 0 Å². The van der Waals surface area contributed by atoms with Gasteiger partial charge in [-0.1, -0.05) is 5.16 Å². The largest absolute Gasteiger partial charge is 0.409 e. The van der Waals surface area contributed by atoms with Crippen molar-refractivity contribution in [1.82, 2.24) is 9.55 Å². The molecule has 0 aliphatic rings. The van der Waals surface area contributed by atoms with E-state index in [4.69, 9.17) is 10.9 Å². The molecular weight excluding hydrogens is 180 g/mol. The molecule has 1 rings (SSSR count). The maximum Gasteiger partial charge on any atom is 0.141 e. The van der Waals surface area contributed by atoms with Gasteiger partial charge >= 0.3 is 0 Å². The number of oxime groups is 1. The number of nitrogens with two attached hydrogens (primary N) is 1. The summed E-state index contributed by atoms with van der Waals surface area (Å²) in [6, 6.07) is 0.159. The second-order valence-corrected chi connectivity index (χ2v) is 3.47. The Bertz CT molecular complexity index is 343. The maximum atomic E-state index is 8.44. The van der Waals surface area contributed by atoms with Crippen LogP contribution in [0.25, 0.3) is 0 Å². The third-order valence-electron chi connectivity index (χ3n) is 2.39. The minimum atomic E-state index is 0.159. The molecular formula is C9H16N4O. The van der Waals surface area contributed by atoms with Gasteiger partial charge in [-0.2, -0.15) is 0 Å². The molecule has 3 N–H and O–H groups in total. The van der Waals surface area contributed by atoms with Crippen LogP contribution in [-0.2, 0) is 0 Å². The van der Waals surface area contributed by atoms with E-state index in [1.54, 1.807) is 6.33 Å². The summed E-state index contributed by atoms with van der Waals surface area (Å²) in [5.74, 6) is 0.239. The summed E-state index contributed by atoms with van der Waals surface area (Å²) in [6.45, 7) is 5.97. The quantitative estimate of drug-likeness (QED) is 0.330. The van der Waals surface area contributed by atoms with Gasteiger partial charge in [0.25, 0.3) is 0 Å². The van der Waals surface area contributed by atoms with Crippen LogP contribution < -0.4 is 5.73 Å². The highest BCUT2D eigenvalue weighted by molar-refractivity contribution is 5.79. The van der Waals surface area contributed by atoms with Crippen LogP contribution in [-0.4, -0.2) is 20.6 Å². The lowest BCUT2D eigenvalue weighted by molar-refractivity contribution is 0.315. The van der Waals surface area contributed by atoms with Crippen LogP contribution >= 0.6 is 0 Å². The first-order valence-corrected chi connectivity index (χ1v) is 4.52. The van der Waals surface area contributed by atoms with E-state index in [2.05, 4.69) is 10.1 Å². The van der Waals surface area contributed by atoms with Crippen molar-refractivity contribution in [3.05, 3.63) is 17.7 Å². The molecule has 14 heavy (non-hydrogen) atoms. The monoisotopic (exact) mass is 196 g/mol. The van der Waals surface area contributed by atoms with Gasteiger partial charge in [0, 0.05) is 18.2 Å². The molecule has 0 aliphatic heterocycles. The molecule has 5 heteroatoms. The van der Waals surface area contributed by atoms with Crippen LogP contribution in [0, 0.1) is 13.8 Å². The second-order valence-electron chi connectivity index (χ2n) is 3.47. The van der Waals surface area contributed by atoms with E-state index >= 15 is 0 Å². The molecule has 0 saturated heterocycles. The zero-order chi connectivity index (χ0) is 10.7. The van der Waals surface area contributed by atoms with Gasteiger partial charge in [-0.15, -0.1) is 0 Å². The van der Waals surface area contributed by atoms with Gasteiger partial charge in [-0.25, -0.2) is 4.98 Å². The Kier molecular flexibility index (Phi) is 3.11. The molecule has 0 saturated carbocycles. The molecule has 0 amide bonds. The molecule has 0 spiro atoms. The van der Waals surface area contributed by atoms with Crippen molar-refractivity contribution in [2.45, 2.75) is 33.2 Å². The zero-order valence-corrected chi connectivity index (χ0v) is 8.73. The lowest BCUT2D eigenvalue weighted by Gasteiger charge is -2.14. The number of amidine groups is 1. The smallest absolute Gasteiger partial charge is 0.141 e. The van der Waals surface area contributed by atoms with Crippen LogP contribution in [0.4, 0.5) is 0 Å². The average Bonchev–Trinajstić information content (AvgIpc) is 2.47. The summed E-state index contributed by atoms with van der Waals surface area (Å²) in [7, 11) is 0. The van der Waals surface area contributed by atoms with Gasteiger partial charge in [-0.05, 0) is 20.8 Å². The van der Waals surface area contributed by atoms with Crippen LogP contribution in [0.1, 0.15) is 30.8 Å². The van der Waals surface area contributed by atoms with Gasteiger partial charge < -0.3 is 15.5 Å². The van der Waals surface area contributed by atoms with Gasteiger partial charge in [0.15, 0.2) is 0 Å². The van der Waals surface area contributed by atoms with E-state index in [1.807, 2.05) is 25.3 Å². The molecule has 1 unspecified atom stereocenters. The first kappa shape index (κ1) is 10.6. The Hall–Kier alpha value is -1.52. The van der Waals surface area contributed by atoms with Gasteiger partial charge in [0.05, 0.1) is 12.0 Å². The summed E-state index contributed by atoms with van der Waals surface area (Å²) >= 11 is 0. The Labute approximate surface area is 83.2 Å². The highest BCUT2D eigenvalue weighted by atomic mass is 16.4. The van der Waals surface area contributed by atoms with E-state index in [1.165, 1.54) is 0 Å². The van der Waals surface area contributed by atoms with E-state index in [-0.39, 0.29) is 11.9 Å².